The Hall–Kier alpha value is -1.80. The van der Waals surface area contributed by atoms with Gasteiger partial charge in [-0.3, -0.25) is 0 Å². The van der Waals surface area contributed by atoms with Gasteiger partial charge in [0.1, 0.15) is 0 Å². The maximum Gasteiger partial charge on any atom is 0.0717 e. The summed E-state index contributed by atoms with van der Waals surface area (Å²) in [7, 11) is 0. The number of rotatable bonds is 2. The second kappa shape index (κ2) is 4.60. The topological polar surface area (TPSA) is 15.3 Å². The number of hydrazine groups is 1. The maximum absolute atomic E-state index is 3.45. The quantitative estimate of drug-likeness (QED) is 0.843. The van der Waals surface area contributed by atoms with Crippen LogP contribution in [0.2, 0.25) is 0 Å². The smallest absolute Gasteiger partial charge is 0.0717 e. The number of nitrogens with zero attached hydrogens (tertiary/aromatic N) is 1. The normalized spacial score (nSPS) is 19.5. The van der Waals surface area contributed by atoms with Crippen LogP contribution in [0.4, 0.5) is 5.69 Å². The van der Waals surface area contributed by atoms with Crippen molar-refractivity contribution in [3.05, 3.63) is 66.2 Å². The molecule has 1 atom stereocenters. The van der Waals surface area contributed by atoms with Crippen LogP contribution in [-0.4, -0.2) is 6.54 Å². The van der Waals surface area contributed by atoms with Crippen molar-refractivity contribution in [2.75, 3.05) is 11.6 Å². The first kappa shape index (κ1) is 10.4. The first-order chi connectivity index (χ1) is 8.45. The number of hydrogen-bond acceptors (Lipinski definition) is 2. The van der Waals surface area contributed by atoms with Crippen LogP contribution < -0.4 is 10.4 Å². The van der Waals surface area contributed by atoms with Crippen LogP contribution in [-0.2, 0) is 0 Å². The SMILES string of the molecule is c1ccc(C2CCNN2c2ccccc2)cc1. The molecule has 17 heavy (non-hydrogen) atoms. The van der Waals surface area contributed by atoms with E-state index >= 15 is 0 Å². The average molecular weight is 224 g/mol. The summed E-state index contributed by atoms with van der Waals surface area (Å²) in [6.07, 6.45) is 1.15. The molecule has 0 aliphatic carbocycles. The molecular formula is C15H16N2. The summed E-state index contributed by atoms with van der Waals surface area (Å²) in [6, 6.07) is 21.6. The van der Waals surface area contributed by atoms with Crippen molar-refractivity contribution in [1.82, 2.24) is 5.43 Å². The standard InChI is InChI=1S/C15H16N2/c1-3-7-13(8-4-1)15-11-12-16-17(15)14-9-5-2-6-10-14/h1-10,15-16H,11-12H2. The Morgan fingerprint density at radius 2 is 1.53 bits per heavy atom. The molecule has 1 unspecified atom stereocenters. The summed E-state index contributed by atoms with van der Waals surface area (Å²) in [5.74, 6) is 0. The third-order valence-electron chi connectivity index (χ3n) is 3.23. The number of nitrogens with one attached hydrogen (secondary N) is 1. The Balaban J connectivity index is 1.91. The lowest BCUT2D eigenvalue weighted by molar-refractivity contribution is 0.684. The first-order valence-electron chi connectivity index (χ1n) is 6.08. The summed E-state index contributed by atoms with van der Waals surface area (Å²) >= 11 is 0. The summed E-state index contributed by atoms with van der Waals surface area (Å²) < 4.78 is 0. The van der Waals surface area contributed by atoms with Crippen LogP contribution in [0, 0.1) is 0 Å². The van der Waals surface area contributed by atoms with Gasteiger partial charge in [0.2, 0.25) is 0 Å². The highest BCUT2D eigenvalue weighted by atomic mass is 15.5. The molecule has 1 aliphatic heterocycles. The van der Waals surface area contributed by atoms with E-state index in [9.17, 15) is 0 Å². The molecule has 1 saturated heterocycles. The Bertz CT molecular complexity index is 421. The van der Waals surface area contributed by atoms with Crippen LogP contribution in [0.15, 0.2) is 60.7 Å². The van der Waals surface area contributed by atoms with Gasteiger partial charge in [0.05, 0.1) is 11.7 Å². The minimum absolute atomic E-state index is 0.443. The summed E-state index contributed by atoms with van der Waals surface area (Å²) in [5.41, 5.74) is 6.07. The average Bonchev–Trinajstić information content (AvgIpc) is 2.90. The second-order valence-electron chi connectivity index (χ2n) is 4.33. The fraction of sp³-hybridized carbons (Fsp3) is 0.200. The molecule has 1 heterocycles. The lowest BCUT2D eigenvalue weighted by Gasteiger charge is -2.26. The number of para-hydroxylation sites is 1. The predicted octanol–water partition coefficient (Wildman–Crippen LogP) is 3.14. The highest BCUT2D eigenvalue weighted by molar-refractivity contribution is 5.48. The van der Waals surface area contributed by atoms with Gasteiger partial charge >= 0.3 is 0 Å². The van der Waals surface area contributed by atoms with E-state index in [-0.39, 0.29) is 0 Å². The van der Waals surface area contributed by atoms with Gasteiger partial charge in [-0.25, -0.2) is 5.43 Å². The van der Waals surface area contributed by atoms with Crippen molar-refractivity contribution in [3.63, 3.8) is 0 Å². The van der Waals surface area contributed by atoms with Gasteiger partial charge in [-0.15, -0.1) is 0 Å². The molecule has 0 bridgehead atoms. The molecule has 0 amide bonds. The second-order valence-corrected chi connectivity index (χ2v) is 4.33. The van der Waals surface area contributed by atoms with E-state index < -0.39 is 0 Å². The molecule has 0 saturated carbocycles. The highest BCUT2D eigenvalue weighted by Gasteiger charge is 2.25. The largest absolute Gasteiger partial charge is 0.301 e. The molecule has 2 aromatic rings. The zero-order valence-corrected chi connectivity index (χ0v) is 9.71. The number of hydrogen-bond donors (Lipinski definition) is 1. The van der Waals surface area contributed by atoms with Crippen LogP contribution in [0.3, 0.4) is 0 Å². The van der Waals surface area contributed by atoms with Gasteiger partial charge in [0.25, 0.3) is 0 Å². The molecule has 0 radical (unpaired) electrons. The minimum Gasteiger partial charge on any atom is -0.301 e. The third kappa shape index (κ3) is 2.04. The van der Waals surface area contributed by atoms with E-state index in [0.29, 0.717) is 6.04 Å². The van der Waals surface area contributed by atoms with Crippen molar-refractivity contribution in [3.8, 4) is 0 Å². The molecule has 2 nitrogen and oxygen atoms in total. The van der Waals surface area contributed by atoms with E-state index in [4.69, 9.17) is 0 Å². The predicted molar refractivity (Wildman–Crippen MR) is 70.7 cm³/mol. The molecule has 2 aromatic carbocycles. The molecule has 0 spiro atoms. The number of anilines is 1. The number of benzene rings is 2. The molecule has 0 aromatic heterocycles. The third-order valence-corrected chi connectivity index (χ3v) is 3.23. The summed E-state index contributed by atoms with van der Waals surface area (Å²) in [6.45, 7) is 1.04. The van der Waals surface area contributed by atoms with Gasteiger partial charge in [0.15, 0.2) is 0 Å². The Labute approximate surface area is 102 Å². The maximum atomic E-state index is 3.45. The Morgan fingerprint density at radius 1 is 0.882 bits per heavy atom. The molecule has 1 N–H and O–H groups in total. The minimum atomic E-state index is 0.443. The molecule has 3 rings (SSSR count). The van der Waals surface area contributed by atoms with E-state index in [1.54, 1.807) is 0 Å². The zero-order chi connectivity index (χ0) is 11.5. The van der Waals surface area contributed by atoms with Gasteiger partial charge < -0.3 is 5.01 Å². The highest BCUT2D eigenvalue weighted by Crippen LogP contribution is 2.30. The van der Waals surface area contributed by atoms with Crippen molar-refractivity contribution in [2.24, 2.45) is 0 Å². The van der Waals surface area contributed by atoms with E-state index in [1.807, 2.05) is 0 Å². The monoisotopic (exact) mass is 224 g/mol. The Morgan fingerprint density at radius 3 is 2.24 bits per heavy atom. The van der Waals surface area contributed by atoms with Crippen molar-refractivity contribution >= 4 is 5.69 Å². The summed E-state index contributed by atoms with van der Waals surface area (Å²) in [5, 5.41) is 2.27. The summed E-state index contributed by atoms with van der Waals surface area (Å²) in [4.78, 5) is 0. The fourth-order valence-corrected chi connectivity index (χ4v) is 2.41. The van der Waals surface area contributed by atoms with Crippen molar-refractivity contribution < 1.29 is 0 Å². The van der Waals surface area contributed by atoms with E-state index in [0.717, 1.165) is 13.0 Å². The van der Waals surface area contributed by atoms with Crippen LogP contribution in [0.25, 0.3) is 0 Å². The van der Waals surface area contributed by atoms with E-state index in [2.05, 4.69) is 71.1 Å². The molecule has 1 aliphatic rings. The molecule has 2 heteroatoms. The van der Waals surface area contributed by atoms with Gasteiger partial charge in [0, 0.05) is 6.54 Å². The van der Waals surface area contributed by atoms with Crippen molar-refractivity contribution in [2.45, 2.75) is 12.5 Å². The van der Waals surface area contributed by atoms with Crippen LogP contribution in [0.5, 0.6) is 0 Å². The first-order valence-corrected chi connectivity index (χ1v) is 6.08. The van der Waals surface area contributed by atoms with Gasteiger partial charge in [-0.1, -0.05) is 48.5 Å². The molecule has 86 valence electrons. The van der Waals surface area contributed by atoms with Crippen LogP contribution in [0.1, 0.15) is 18.0 Å². The lowest BCUT2D eigenvalue weighted by Crippen LogP contribution is -2.32. The molecular weight excluding hydrogens is 208 g/mol. The zero-order valence-electron chi connectivity index (χ0n) is 9.71. The Kier molecular flexibility index (Phi) is 2.80. The van der Waals surface area contributed by atoms with E-state index in [1.165, 1.54) is 11.3 Å². The lowest BCUT2D eigenvalue weighted by atomic mass is 10.0. The molecule has 1 fully saturated rings. The van der Waals surface area contributed by atoms with Gasteiger partial charge in [-0.05, 0) is 24.1 Å². The van der Waals surface area contributed by atoms with Gasteiger partial charge in [-0.2, -0.15) is 0 Å². The van der Waals surface area contributed by atoms with Crippen molar-refractivity contribution in [1.29, 1.82) is 0 Å². The van der Waals surface area contributed by atoms with Crippen LogP contribution >= 0.6 is 0 Å². The fourth-order valence-electron chi connectivity index (χ4n) is 2.41.